The Morgan fingerprint density at radius 1 is 1.24 bits per heavy atom. The van der Waals surface area contributed by atoms with Gasteiger partial charge in [0.1, 0.15) is 5.58 Å². The van der Waals surface area contributed by atoms with E-state index in [9.17, 15) is 4.79 Å². The number of carbonyl (C=O) groups excluding carboxylic acids is 1. The van der Waals surface area contributed by atoms with Crippen molar-refractivity contribution in [3.8, 4) is 11.6 Å². The first kappa shape index (κ1) is 20.0. The highest BCUT2D eigenvalue weighted by atomic mass is 79.9. The van der Waals surface area contributed by atoms with E-state index in [-0.39, 0.29) is 11.7 Å². The van der Waals surface area contributed by atoms with Gasteiger partial charge in [0.25, 0.3) is 0 Å². The van der Waals surface area contributed by atoms with Gasteiger partial charge in [-0.1, -0.05) is 45.4 Å². The van der Waals surface area contributed by atoms with Crippen LogP contribution in [-0.4, -0.2) is 26.4 Å². The highest BCUT2D eigenvalue weighted by Gasteiger charge is 2.16. The smallest absolute Gasteiger partial charge is 0.234 e. The first-order valence-electron chi connectivity index (χ1n) is 8.68. The summed E-state index contributed by atoms with van der Waals surface area (Å²) < 4.78 is 8.68. The molecule has 0 spiro atoms. The van der Waals surface area contributed by atoms with Crippen LogP contribution in [0.4, 0.5) is 5.69 Å². The van der Waals surface area contributed by atoms with Gasteiger partial charge in [-0.15, -0.1) is 10.2 Å². The van der Waals surface area contributed by atoms with Crippen LogP contribution in [0.2, 0.25) is 5.02 Å². The Hall–Kier alpha value is -2.29. The summed E-state index contributed by atoms with van der Waals surface area (Å²) in [5.41, 5.74) is 2.40. The first-order valence-corrected chi connectivity index (χ1v) is 10.8. The van der Waals surface area contributed by atoms with Crippen molar-refractivity contribution in [2.45, 2.75) is 12.1 Å². The monoisotopic (exact) mass is 490 g/mol. The molecule has 148 valence electrons. The van der Waals surface area contributed by atoms with E-state index in [1.807, 2.05) is 54.9 Å². The van der Waals surface area contributed by atoms with Gasteiger partial charge < -0.3 is 14.3 Å². The molecule has 1 N–H and O–H groups in total. The van der Waals surface area contributed by atoms with Crippen LogP contribution in [0.25, 0.3) is 22.6 Å². The van der Waals surface area contributed by atoms with E-state index in [0.717, 1.165) is 21.0 Å². The molecular formula is C20H16BrClN4O2S. The average molecular weight is 492 g/mol. The van der Waals surface area contributed by atoms with Crippen molar-refractivity contribution < 1.29 is 9.21 Å². The number of aromatic nitrogens is 3. The maximum Gasteiger partial charge on any atom is 0.234 e. The number of benzene rings is 2. The van der Waals surface area contributed by atoms with Gasteiger partial charge in [0.15, 0.2) is 16.7 Å². The minimum absolute atomic E-state index is 0.145. The van der Waals surface area contributed by atoms with Crippen molar-refractivity contribution in [2.75, 3.05) is 11.1 Å². The molecule has 29 heavy (non-hydrogen) atoms. The lowest BCUT2D eigenvalue weighted by atomic mass is 10.2. The normalized spacial score (nSPS) is 11.2. The van der Waals surface area contributed by atoms with Crippen LogP contribution in [0.3, 0.4) is 0 Å². The van der Waals surface area contributed by atoms with Crippen molar-refractivity contribution >= 4 is 61.9 Å². The minimum atomic E-state index is -0.145. The van der Waals surface area contributed by atoms with Crippen LogP contribution < -0.4 is 5.32 Å². The summed E-state index contributed by atoms with van der Waals surface area (Å²) in [5.74, 6) is 1.28. The number of amides is 1. The topological polar surface area (TPSA) is 73.0 Å². The summed E-state index contributed by atoms with van der Waals surface area (Å²) >= 11 is 10.9. The number of nitrogens with one attached hydrogen (secondary N) is 1. The van der Waals surface area contributed by atoms with Crippen molar-refractivity contribution in [3.63, 3.8) is 0 Å². The third-order valence-electron chi connectivity index (χ3n) is 4.32. The zero-order valence-corrected chi connectivity index (χ0v) is 18.7. The lowest BCUT2D eigenvalue weighted by molar-refractivity contribution is -0.113. The van der Waals surface area contributed by atoms with E-state index >= 15 is 0 Å². The van der Waals surface area contributed by atoms with Crippen LogP contribution in [0.15, 0.2) is 56.5 Å². The van der Waals surface area contributed by atoms with Crippen LogP contribution in [0, 0.1) is 6.92 Å². The largest absolute Gasteiger partial charge is 0.453 e. The Labute approximate surface area is 184 Å². The number of hydrogen-bond donors (Lipinski definition) is 1. The van der Waals surface area contributed by atoms with Crippen LogP contribution in [0.5, 0.6) is 0 Å². The van der Waals surface area contributed by atoms with Gasteiger partial charge >= 0.3 is 0 Å². The Morgan fingerprint density at radius 2 is 2.07 bits per heavy atom. The molecule has 0 saturated carbocycles. The molecule has 0 aliphatic carbocycles. The zero-order valence-electron chi connectivity index (χ0n) is 15.6. The van der Waals surface area contributed by atoms with Crippen LogP contribution in [0.1, 0.15) is 5.56 Å². The van der Waals surface area contributed by atoms with Gasteiger partial charge in [0.05, 0.1) is 5.75 Å². The summed E-state index contributed by atoms with van der Waals surface area (Å²) in [6.07, 6.45) is 0. The third kappa shape index (κ3) is 4.34. The first-order chi connectivity index (χ1) is 13.9. The molecule has 6 nitrogen and oxygen atoms in total. The highest BCUT2D eigenvalue weighted by molar-refractivity contribution is 9.10. The van der Waals surface area contributed by atoms with E-state index in [1.54, 1.807) is 6.07 Å². The number of thioether (sulfide) groups is 1. The van der Waals surface area contributed by atoms with Crippen molar-refractivity contribution in [1.29, 1.82) is 0 Å². The summed E-state index contributed by atoms with van der Waals surface area (Å²) in [6, 6.07) is 13.2. The maximum atomic E-state index is 12.3. The zero-order chi connectivity index (χ0) is 20.5. The van der Waals surface area contributed by atoms with Crippen molar-refractivity contribution in [3.05, 3.63) is 57.5 Å². The molecule has 1 amide bonds. The quantitative estimate of drug-likeness (QED) is 0.363. The summed E-state index contributed by atoms with van der Waals surface area (Å²) in [6.45, 7) is 1.91. The molecule has 0 saturated heterocycles. The fourth-order valence-electron chi connectivity index (χ4n) is 2.78. The molecule has 0 fully saturated rings. The maximum absolute atomic E-state index is 12.3. The van der Waals surface area contributed by atoms with Gasteiger partial charge in [0.2, 0.25) is 5.91 Å². The number of carbonyl (C=O) groups is 1. The number of rotatable bonds is 5. The number of fused-ring (bicyclic) bond motifs is 1. The number of aryl methyl sites for hydroxylation is 1. The molecular weight excluding hydrogens is 476 g/mol. The number of hydrogen-bond acceptors (Lipinski definition) is 5. The number of anilines is 1. The predicted octanol–water partition coefficient (Wildman–Crippen LogP) is 5.68. The predicted molar refractivity (Wildman–Crippen MR) is 119 cm³/mol. The molecule has 0 aliphatic rings. The third-order valence-corrected chi connectivity index (χ3v) is 6.24. The summed E-state index contributed by atoms with van der Waals surface area (Å²) in [7, 11) is 1.85. The molecule has 4 aromatic rings. The van der Waals surface area contributed by atoms with Crippen molar-refractivity contribution in [1.82, 2.24) is 14.8 Å². The molecule has 0 aliphatic heterocycles. The minimum Gasteiger partial charge on any atom is -0.453 e. The van der Waals surface area contributed by atoms with Gasteiger partial charge in [-0.25, -0.2) is 0 Å². The molecule has 0 radical (unpaired) electrons. The van der Waals surface area contributed by atoms with E-state index in [2.05, 4.69) is 31.4 Å². The summed E-state index contributed by atoms with van der Waals surface area (Å²) in [5, 5.41) is 13.5. The summed E-state index contributed by atoms with van der Waals surface area (Å²) in [4.78, 5) is 12.3. The van der Waals surface area contributed by atoms with Crippen molar-refractivity contribution in [2.24, 2.45) is 7.05 Å². The molecule has 9 heteroatoms. The van der Waals surface area contributed by atoms with Gasteiger partial charge in [-0.05, 0) is 48.9 Å². The molecule has 0 bridgehead atoms. The second kappa shape index (κ2) is 8.22. The molecule has 2 aromatic carbocycles. The molecule has 2 aromatic heterocycles. The average Bonchev–Trinajstić information content (AvgIpc) is 3.25. The Balaban J connectivity index is 1.45. The van der Waals surface area contributed by atoms with Crippen LogP contribution >= 0.6 is 39.3 Å². The highest BCUT2D eigenvalue weighted by Crippen LogP contribution is 2.30. The number of nitrogens with zero attached hydrogens (tertiary/aromatic N) is 3. The Morgan fingerprint density at radius 3 is 2.86 bits per heavy atom. The van der Waals surface area contributed by atoms with Gasteiger partial charge in [-0.2, -0.15) is 0 Å². The SMILES string of the molecule is Cc1ccc(NC(=O)CSc2nnc(-c3cc4cc(Br)ccc4o3)n2C)cc1Cl. The lowest BCUT2D eigenvalue weighted by Crippen LogP contribution is -2.14. The fraction of sp³-hybridized carbons (Fsp3) is 0.150. The van der Waals surface area contributed by atoms with Gasteiger partial charge in [-0.3, -0.25) is 4.79 Å². The Kier molecular flexibility index (Phi) is 5.67. The van der Waals surface area contributed by atoms with E-state index in [4.69, 9.17) is 16.0 Å². The van der Waals surface area contributed by atoms with Gasteiger partial charge in [0, 0.05) is 27.6 Å². The molecule has 0 unspecified atom stereocenters. The lowest BCUT2D eigenvalue weighted by Gasteiger charge is -2.06. The van der Waals surface area contributed by atoms with Crippen LogP contribution in [-0.2, 0) is 11.8 Å². The Bertz CT molecular complexity index is 1220. The second-order valence-electron chi connectivity index (χ2n) is 6.46. The van der Waals surface area contributed by atoms with E-state index in [1.165, 1.54) is 11.8 Å². The molecule has 2 heterocycles. The molecule has 4 rings (SSSR count). The second-order valence-corrected chi connectivity index (χ2v) is 8.72. The standard InChI is InChI=1S/C20H16BrClN4O2S/c1-11-3-5-14(9-15(11)22)23-18(27)10-29-20-25-24-19(26(20)2)17-8-12-7-13(21)4-6-16(12)28-17/h3-9H,10H2,1-2H3,(H,23,27). The van der Waals surface area contributed by atoms with E-state index in [0.29, 0.717) is 27.5 Å². The number of halogens is 2. The number of furan rings is 1. The fourth-order valence-corrected chi connectivity index (χ4v) is 4.05. The molecule has 0 atom stereocenters. The van der Waals surface area contributed by atoms with E-state index < -0.39 is 0 Å².